The van der Waals surface area contributed by atoms with Crippen LogP contribution in [-0.4, -0.2) is 33.0 Å². The fraction of sp³-hybridized carbons (Fsp3) is 0.192. The summed E-state index contributed by atoms with van der Waals surface area (Å²) >= 11 is 0. The molecule has 0 bridgehead atoms. The molecule has 4 rings (SSSR count). The lowest BCUT2D eigenvalue weighted by Gasteiger charge is -2.21. The summed E-state index contributed by atoms with van der Waals surface area (Å²) in [6, 6.07) is 13.6. The third-order valence-corrected chi connectivity index (χ3v) is 5.98. The van der Waals surface area contributed by atoms with E-state index in [9.17, 15) is 29.2 Å². The summed E-state index contributed by atoms with van der Waals surface area (Å²) in [5.74, 6) is -1.17. The normalized spacial score (nSPS) is 10.9. The molecule has 0 spiro atoms. The average Bonchev–Trinajstić information content (AvgIpc) is 2.87. The van der Waals surface area contributed by atoms with Crippen LogP contribution in [0.4, 0.5) is 15.8 Å². The second-order valence-corrected chi connectivity index (χ2v) is 8.60. The number of rotatable bonds is 8. The maximum Gasteiger partial charge on any atom is 0.269 e. The number of aromatic amines is 1. The van der Waals surface area contributed by atoms with Gasteiger partial charge in [-0.2, -0.15) is 0 Å². The largest absolute Gasteiger partial charge is 0.388 e. The Morgan fingerprint density at radius 2 is 2.00 bits per heavy atom. The molecule has 0 aliphatic heterocycles. The first kappa shape index (κ1) is 25.5. The number of benzene rings is 3. The molecule has 11 heteroatoms. The number of carbonyl (C=O) groups is 1. The molecule has 3 N–H and O–H groups in total. The number of halogens is 1. The summed E-state index contributed by atoms with van der Waals surface area (Å²) < 4.78 is 14.9. The number of hydrogen-bond acceptors (Lipinski definition) is 7. The van der Waals surface area contributed by atoms with Gasteiger partial charge in [-0.25, -0.2) is 9.37 Å². The molecule has 1 aromatic heterocycles. The van der Waals surface area contributed by atoms with Gasteiger partial charge in [0.15, 0.2) is 0 Å². The molecular formula is C26H24FN5O5. The number of aromatic nitrogens is 2. The third-order valence-electron chi connectivity index (χ3n) is 5.98. The van der Waals surface area contributed by atoms with E-state index >= 15 is 0 Å². The molecule has 1 amide bonds. The number of nitro groups is 1. The van der Waals surface area contributed by atoms with E-state index in [-0.39, 0.29) is 35.8 Å². The van der Waals surface area contributed by atoms with Gasteiger partial charge in [0.25, 0.3) is 17.2 Å². The first-order valence-corrected chi connectivity index (χ1v) is 11.3. The zero-order valence-electron chi connectivity index (χ0n) is 20.1. The lowest BCUT2D eigenvalue weighted by molar-refractivity contribution is -0.384. The summed E-state index contributed by atoms with van der Waals surface area (Å²) in [7, 11) is 1.76. The molecule has 0 aliphatic rings. The number of nitro benzene ring substituents is 1. The van der Waals surface area contributed by atoms with E-state index in [2.05, 4.69) is 15.3 Å². The highest BCUT2D eigenvalue weighted by molar-refractivity contribution is 5.94. The Balaban J connectivity index is 1.48. The van der Waals surface area contributed by atoms with Gasteiger partial charge in [-0.05, 0) is 53.9 Å². The van der Waals surface area contributed by atoms with Crippen molar-refractivity contribution in [1.29, 1.82) is 0 Å². The molecule has 0 atom stereocenters. The Kier molecular flexibility index (Phi) is 7.25. The maximum atomic E-state index is 14.9. The molecule has 190 valence electrons. The first-order chi connectivity index (χ1) is 17.7. The van der Waals surface area contributed by atoms with Gasteiger partial charge in [-0.3, -0.25) is 19.7 Å². The van der Waals surface area contributed by atoms with Gasteiger partial charge in [0.05, 0.1) is 21.4 Å². The number of non-ortho nitro benzene ring substituents is 1. The van der Waals surface area contributed by atoms with Crippen molar-refractivity contribution < 1.29 is 19.2 Å². The minimum absolute atomic E-state index is 0.0105. The Morgan fingerprint density at radius 3 is 2.70 bits per heavy atom. The molecule has 0 saturated carbocycles. The van der Waals surface area contributed by atoms with E-state index < -0.39 is 16.6 Å². The SMILES string of the molecule is Cc1cc2nc(CO)[nH]c(=O)c2cc1CN(C)c1ccc(C(=O)NCc2cccc([N+](=O)[O-])c2)c(F)c1. The van der Waals surface area contributed by atoms with Gasteiger partial charge >= 0.3 is 0 Å². The number of anilines is 1. The van der Waals surface area contributed by atoms with Crippen molar-refractivity contribution in [3.05, 3.63) is 109 Å². The number of aliphatic hydroxyl groups excluding tert-OH is 1. The van der Waals surface area contributed by atoms with Crippen molar-refractivity contribution in [3.8, 4) is 0 Å². The van der Waals surface area contributed by atoms with Gasteiger partial charge in [-0.1, -0.05) is 12.1 Å². The highest BCUT2D eigenvalue weighted by atomic mass is 19.1. The third kappa shape index (κ3) is 5.62. The minimum Gasteiger partial charge on any atom is -0.388 e. The molecule has 0 saturated heterocycles. The smallest absolute Gasteiger partial charge is 0.269 e. The van der Waals surface area contributed by atoms with Crippen LogP contribution in [0.25, 0.3) is 10.9 Å². The summed E-state index contributed by atoms with van der Waals surface area (Å²) in [6.07, 6.45) is 0. The molecule has 0 fully saturated rings. The van der Waals surface area contributed by atoms with Crippen LogP contribution < -0.4 is 15.8 Å². The Morgan fingerprint density at radius 1 is 1.22 bits per heavy atom. The van der Waals surface area contributed by atoms with E-state index in [0.717, 1.165) is 11.1 Å². The zero-order valence-corrected chi connectivity index (χ0v) is 20.1. The quantitative estimate of drug-likeness (QED) is 0.246. The summed E-state index contributed by atoms with van der Waals surface area (Å²) in [5, 5.41) is 23.1. The van der Waals surface area contributed by atoms with Crippen LogP contribution in [0, 0.1) is 22.9 Å². The van der Waals surface area contributed by atoms with Crippen LogP contribution in [-0.2, 0) is 19.7 Å². The molecule has 0 aliphatic carbocycles. The zero-order chi connectivity index (χ0) is 26.7. The van der Waals surface area contributed by atoms with E-state index in [4.69, 9.17) is 0 Å². The Bertz CT molecular complexity index is 1570. The number of carbonyl (C=O) groups excluding carboxylic acids is 1. The van der Waals surface area contributed by atoms with E-state index in [1.807, 2.05) is 6.92 Å². The van der Waals surface area contributed by atoms with E-state index in [1.54, 1.807) is 36.2 Å². The van der Waals surface area contributed by atoms with Crippen LogP contribution in [0.15, 0.2) is 59.4 Å². The van der Waals surface area contributed by atoms with Gasteiger partial charge in [0.1, 0.15) is 18.2 Å². The number of nitrogens with one attached hydrogen (secondary N) is 2. The van der Waals surface area contributed by atoms with E-state index in [1.165, 1.54) is 30.3 Å². The molecule has 1 heterocycles. The minimum atomic E-state index is -0.715. The molecule has 3 aromatic carbocycles. The molecule has 10 nitrogen and oxygen atoms in total. The summed E-state index contributed by atoms with van der Waals surface area (Å²) in [6.45, 7) is 1.87. The summed E-state index contributed by atoms with van der Waals surface area (Å²) in [4.78, 5) is 43.8. The standard InChI is InChI=1S/C26H24FN5O5/c1-15-8-23-21(26(35)30-24(14-33)29-23)10-17(15)13-31(2)18-6-7-20(22(27)11-18)25(34)28-12-16-4-3-5-19(9-16)32(36)37/h3-11,33H,12-14H2,1-2H3,(H,28,34)(H,29,30,35). The molecular weight excluding hydrogens is 481 g/mol. The highest BCUT2D eigenvalue weighted by Gasteiger charge is 2.15. The van der Waals surface area contributed by atoms with Crippen LogP contribution in [0.3, 0.4) is 0 Å². The summed E-state index contributed by atoms with van der Waals surface area (Å²) in [5.41, 5.74) is 2.62. The number of hydrogen-bond donors (Lipinski definition) is 3. The lowest BCUT2D eigenvalue weighted by Crippen LogP contribution is -2.24. The van der Waals surface area contributed by atoms with Crippen LogP contribution >= 0.6 is 0 Å². The highest BCUT2D eigenvalue weighted by Crippen LogP contribution is 2.23. The molecule has 4 aromatic rings. The number of H-pyrrole nitrogens is 1. The lowest BCUT2D eigenvalue weighted by atomic mass is 10.0. The number of aliphatic hydroxyl groups is 1. The van der Waals surface area contributed by atoms with Gasteiger partial charge in [0.2, 0.25) is 0 Å². The van der Waals surface area contributed by atoms with Crippen molar-refractivity contribution in [1.82, 2.24) is 15.3 Å². The number of aryl methyl sites for hydroxylation is 1. The number of fused-ring (bicyclic) bond motifs is 1. The van der Waals surface area contributed by atoms with Crippen molar-refractivity contribution >= 4 is 28.2 Å². The maximum absolute atomic E-state index is 14.9. The monoisotopic (exact) mass is 505 g/mol. The number of amides is 1. The van der Waals surface area contributed by atoms with Crippen LogP contribution in [0.5, 0.6) is 0 Å². The van der Waals surface area contributed by atoms with Crippen LogP contribution in [0.2, 0.25) is 0 Å². The predicted octanol–water partition coefficient (Wildman–Crippen LogP) is 3.34. The topological polar surface area (TPSA) is 141 Å². The fourth-order valence-corrected chi connectivity index (χ4v) is 3.96. The molecule has 0 unspecified atom stereocenters. The Labute approximate surface area is 210 Å². The van der Waals surface area contributed by atoms with Gasteiger partial charge in [0, 0.05) is 38.0 Å². The average molecular weight is 506 g/mol. The van der Waals surface area contributed by atoms with Gasteiger partial charge < -0.3 is 20.3 Å². The van der Waals surface area contributed by atoms with Crippen molar-refractivity contribution in [2.45, 2.75) is 26.6 Å². The molecule has 0 radical (unpaired) electrons. The van der Waals surface area contributed by atoms with Crippen LogP contribution in [0.1, 0.15) is 32.9 Å². The first-order valence-electron chi connectivity index (χ1n) is 11.3. The van der Waals surface area contributed by atoms with Crippen molar-refractivity contribution in [2.24, 2.45) is 0 Å². The predicted molar refractivity (Wildman–Crippen MR) is 136 cm³/mol. The molecule has 37 heavy (non-hydrogen) atoms. The fourth-order valence-electron chi connectivity index (χ4n) is 3.96. The van der Waals surface area contributed by atoms with Crippen molar-refractivity contribution in [2.75, 3.05) is 11.9 Å². The Hall–Kier alpha value is -4.64. The second-order valence-electron chi connectivity index (χ2n) is 8.60. The second kappa shape index (κ2) is 10.5. The van der Waals surface area contributed by atoms with Crippen molar-refractivity contribution in [3.63, 3.8) is 0 Å². The van der Waals surface area contributed by atoms with Gasteiger partial charge in [-0.15, -0.1) is 0 Å². The number of nitrogens with zero attached hydrogens (tertiary/aromatic N) is 3. The van der Waals surface area contributed by atoms with E-state index in [0.29, 0.717) is 28.7 Å².